The van der Waals surface area contributed by atoms with Crippen molar-refractivity contribution in [2.45, 2.75) is 18.5 Å². The van der Waals surface area contributed by atoms with Crippen molar-refractivity contribution in [1.29, 1.82) is 0 Å². The van der Waals surface area contributed by atoms with Gasteiger partial charge in [0.2, 0.25) is 5.91 Å². The van der Waals surface area contributed by atoms with Gasteiger partial charge in [0.05, 0.1) is 25.7 Å². The fraction of sp³-hybridized carbons (Fsp3) is 0.250. The van der Waals surface area contributed by atoms with Crippen molar-refractivity contribution in [1.82, 2.24) is 14.8 Å². The molecule has 2 aromatic carbocycles. The highest BCUT2D eigenvalue weighted by atomic mass is 32.2. The summed E-state index contributed by atoms with van der Waals surface area (Å²) in [5, 5.41) is 12.0. The fourth-order valence-electron chi connectivity index (χ4n) is 2.69. The van der Waals surface area contributed by atoms with Crippen LogP contribution in [0.4, 0.5) is 5.69 Å². The first-order chi connectivity index (χ1) is 13.7. The van der Waals surface area contributed by atoms with Crippen molar-refractivity contribution in [3.05, 3.63) is 54.4 Å². The maximum Gasteiger partial charge on any atom is 0.234 e. The average Bonchev–Trinajstić information content (AvgIpc) is 3.15. The zero-order chi connectivity index (χ0) is 19.9. The normalized spacial score (nSPS) is 10.5. The number of aryl methyl sites for hydroxylation is 1. The topological polar surface area (TPSA) is 78.3 Å². The highest BCUT2D eigenvalue weighted by molar-refractivity contribution is 7.99. The number of amides is 1. The quantitative estimate of drug-likeness (QED) is 0.585. The van der Waals surface area contributed by atoms with Crippen LogP contribution in [0.1, 0.15) is 12.7 Å². The first-order valence-electron chi connectivity index (χ1n) is 8.80. The van der Waals surface area contributed by atoms with E-state index in [1.165, 1.54) is 11.8 Å². The average molecular weight is 398 g/mol. The number of rotatable bonds is 8. The Hall–Kier alpha value is -3.00. The van der Waals surface area contributed by atoms with Crippen molar-refractivity contribution in [3.63, 3.8) is 0 Å². The van der Waals surface area contributed by atoms with Crippen LogP contribution in [0.2, 0.25) is 0 Å². The second kappa shape index (κ2) is 9.27. The van der Waals surface area contributed by atoms with Crippen molar-refractivity contribution in [3.8, 4) is 17.2 Å². The van der Waals surface area contributed by atoms with Crippen LogP contribution in [0.15, 0.2) is 53.7 Å². The summed E-state index contributed by atoms with van der Waals surface area (Å²) in [5.41, 5.74) is 1.54. The third kappa shape index (κ3) is 4.45. The molecule has 1 aromatic heterocycles. The molecule has 0 spiro atoms. The third-order valence-electron chi connectivity index (χ3n) is 4.04. The number of nitrogens with one attached hydrogen (secondary N) is 1. The molecule has 0 saturated carbocycles. The molecule has 1 heterocycles. The Morgan fingerprint density at radius 2 is 1.89 bits per heavy atom. The lowest BCUT2D eigenvalue weighted by atomic mass is 10.2. The molecule has 0 unspecified atom stereocenters. The molecule has 0 saturated heterocycles. The smallest absolute Gasteiger partial charge is 0.234 e. The molecule has 0 aliphatic heterocycles. The Bertz CT molecular complexity index is 944. The molecule has 0 radical (unpaired) electrons. The minimum absolute atomic E-state index is 0.169. The van der Waals surface area contributed by atoms with E-state index in [0.717, 1.165) is 17.9 Å². The number of nitrogens with zero attached hydrogens (tertiary/aromatic N) is 3. The van der Waals surface area contributed by atoms with E-state index in [0.29, 0.717) is 22.3 Å². The predicted molar refractivity (Wildman–Crippen MR) is 110 cm³/mol. The van der Waals surface area contributed by atoms with Gasteiger partial charge in [0.25, 0.3) is 0 Å². The minimum atomic E-state index is -0.169. The molecule has 146 valence electrons. The maximum absolute atomic E-state index is 12.5. The first-order valence-corrected chi connectivity index (χ1v) is 9.79. The lowest BCUT2D eigenvalue weighted by molar-refractivity contribution is -0.113. The number of aromatic nitrogens is 3. The molecule has 1 N–H and O–H groups in total. The fourth-order valence-corrected chi connectivity index (χ4v) is 3.46. The minimum Gasteiger partial charge on any atom is -0.497 e. The number of anilines is 1. The summed E-state index contributed by atoms with van der Waals surface area (Å²) in [5.74, 6) is 2.08. The van der Waals surface area contributed by atoms with E-state index in [9.17, 15) is 4.79 Å². The second-order valence-electron chi connectivity index (χ2n) is 5.83. The van der Waals surface area contributed by atoms with Gasteiger partial charge in [-0.15, -0.1) is 10.2 Å². The number of thioether (sulfide) groups is 1. The number of methoxy groups -OCH3 is 2. The number of ether oxygens (including phenoxy) is 2. The maximum atomic E-state index is 12.5. The van der Waals surface area contributed by atoms with Crippen LogP contribution in [-0.2, 0) is 11.2 Å². The Labute approximate surface area is 168 Å². The molecule has 0 bridgehead atoms. The summed E-state index contributed by atoms with van der Waals surface area (Å²) in [7, 11) is 3.13. The molecule has 28 heavy (non-hydrogen) atoms. The van der Waals surface area contributed by atoms with Crippen molar-refractivity contribution >= 4 is 23.4 Å². The van der Waals surface area contributed by atoms with E-state index in [4.69, 9.17) is 9.47 Å². The SMILES string of the molecule is CCc1nnc(SCC(=O)Nc2cc(OC)ccc2OC)n1-c1ccccc1. The number of carbonyl (C=O) groups is 1. The first kappa shape index (κ1) is 19.8. The summed E-state index contributed by atoms with van der Waals surface area (Å²) in [4.78, 5) is 12.5. The van der Waals surface area contributed by atoms with E-state index >= 15 is 0 Å². The molecule has 3 rings (SSSR count). The highest BCUT2D eigenvalue weighted by Gasteiger charge is 2.15. The van der Waals surface area contributed by atoms with Gasteiger partial charge in [-0.25, -0.2) is 0 Å². The summed E-state index contributed by atoms with van der Waals surface area (Å²) in [6, 6.07) is 15.1. The predicted octanol–water partition coefficient (Wildman–Crippen LogP) is 3.58. The number of carbonyl (C=O) groups excluding carboxylic acids is 1. The molecule has 0 atom stereocenters. The molecule has 7 nitrogen and oxygen atoms in total. The molecular weight excluding hydrogens is 376 g/mol. The van der Waals surface area contributed by atoms with Crippen LogP contribution in [0.3, 0.4) is 0 Å². The third-order valence-corrected chi connectivity index (χ3v) is 4.97. The zero-order valence-electron chi connectivity index (χ0n) is 16.0. The van der Waals surface area contributed by atoms with E-state index < -0.39 is 0 Å². The number of para-hydroxylation sites is 1. The Balaban J connectivity index is 1.73. The van der Waals surface area contributed by atoms with Gasteiger partial charge in [0.1, 0.15) is 17.3 Å². The van der Waals surface area contributed by atoms with Gasteiger partial charge in [-0.05, 0) is 24.3 Å². The lowest BCUT2D eigenvalue weighted by Crippen LogP contribution is -2.15. The Morgan fingerprint density at radius 3 is 2.57 bits per heavy atom. The molecule has 0 aliphatic carbocycles. The number of hydrogen-bond acceptors (Lipinski definition) is 6. The van der Waals surface area contributed by atoms with E-state index in [2.05, 4.69) is 15.5 Å². The van der Waals surface area contributed by atoms with Gasteiger partial charge in [0.15, 0.2) is 5.16 Å². The van der Waals surface area contributed by atoms with Crippen LogP contribution in [-0.4, -0.2) is 40.6 Å². The molecule has 0 fully saturated rings. The highest BCUT2D eigenvalue weighted by Crippen LogP contribution is 2.29. The standard InChI is InChI=1S/C20H22N4O3S/c1-4-18-22-23-20(24(18)14-8-6-5-7-9-14)28-13-19(25)21-16-12-15(26-2)10-11-17(16)27-3/h5-12H,4,13H2,1-3H3,(H,21,25). The molecule has 0 aliphatic rings. The summed E-state index contributed by atoms with van der Waals surface area (Å²) in [6.07, 6.45) is 0.746. The second-order valence-corrected chi connectivity index (χ2v) is 6.77. The van der Waals surface area contributed by atoms with Gasteiger partial charge in [-0.2, -0.15) is 0 Å². The van der Waals surface area contributed by atoms with Crippen molar-refractivity contribution in [2.75, 3.05) is 25.3 Å². The number of benzene rings is 2. The Kier molecular flexibility index (Phi) is 6.54. The van der Waals surface area contributed by atoms with Crippen LogP contribution in [0, 0.1) is 0 Å². The largest absolute Gasteiger partial charge is 0.497 e. The lowest BCUT2D eigenvalue weighted by Gasteiger charge is -2.12. The summed E-state index contributed by atoms with van der Waals surface area (Å²) < 4.78 is 12.5. The van der Waals surface area contributed by atoms with Crippen LogP contribution < -0.4 is 14.8 Å². The number of hydrogen-bond donors (Lipinski definition) is 1. The molecular formula is C20H22N4O3S. The van der Waals surface area contributed by atoms with Crippen LogP contribution in [0.5, 0.6) is 11.5 Å². The van der Waals surface area contributed by atoms with E-state index in [-0.39, 0.29) is 11.7 Å². The van der Waals surface area contributed by atoms with Crippen molar-refractivity contribution < 1.29 is 14.3 Å². The van der Waals surface area contributed by atoms with Gasteiger partial charge < -0.3 is 14.8 Å². The van der Waals surface area contributed by atoms with Crippen molar-refractivity contribution in [2.24, 2.45) is 0 Å². The van der Waals surface area contributed by atoms with Gasteiger partial charge >= 0.3 is 0 Å². The monoisotopic (exact) mass is 398 g/mol. The van der Waals surface area contributed by atoms with Gasteiger partial charge in [-0.3, -0.25) is 9.36 Å². The van der Waals surface area contributed by atoms with E-state index in [1.54, 1.807) is 32.4 Å². The molecule has 3 aromatic rings. The summed E-state index contributed by atoms with van der Waals surface area (Å²) in [6.45, 7) is 2.03. The molecule has 8 heteroatoms. The van der Waals surface area contributed by atoms with Crippen LogP contribution in [0.25, 0.3) is 5.69 Å². The zero-order valence-corrected chi connectivity index (χ0v) is 16.8. The van der Waals surface area contributed by atoms with Gasteiger partial charge in [-0.1, -0.05) is 36.9 Å². The molecule has 1 amide bonds. The van der Waals surface area contributed by atoms with E-state index in [1.807, 2.05) is 41.8 Å². The Morgan fingerprint density at radius 1 is 1.11 bits per heavy atom. The van der Waals surface area contributed by atoms with Crippen LogP contribution >= 0.6 is 11.8 Å². The summed E-state index contributed by atoms with van der Waals surface area (Å²) >= 11 is 1.33. The van der Waals surface area contributed by atoms with Gasteiger partial charge in [0, 0.05) is 18.2 Å².